The first-order valence-corrected chi connectivity index (χ1v) is 13.5. The number of nitrogens with one attached hydrogen (secondary N) is 2. The molecule has 2 N–H and O–H groups in total. The average molecular weight is 499 g/mol. The predicted octanol–water partition coefficient (Wildman–Crippen LogP) is 3.90. The smallest absolute Gasteiger partial charge is 0.244 e. The van der Waals surface area contributed by atoms with Crippen molar-refractivity contribution in [1.82, 2.24) is 10.0 Å². The van der Waals surface area contributed by atoms with E-state index in [-0.39, 0.29) is 6.42 Å². The fraction of sp³-hybridized carbons (Fsp3) is 0.435. The van der Waals surface area contributed by atoms with Gasteiger partial charge >= 0.3 is 0 Å². The van der Waals surface area contributed by atoms with Gasteiger partial charge in [-0.2, -0.15) is 16.5 Å². The first-order valence-electron chi connectivity index (χ1n) is 10.6. The second-order valence-electron chi connectivity index (χ2n) is 7.37. The van der Waals surface area contributed by atoms with Gasteiger partial charge < -0.3 is 14.8 Å². The van der Waals surface area contributed by atoms with E-state index in [1.165, 1.54) is 31.0 Å². The minimum Gasteiger partial charge on any atom is -0.493 e. The fourth-order valence-electron chi connectivity index (χ4n) is 3.07. The van der Waals surface area contributed by atoms with Gasteiger partial charge in [0.15, 0.2) is 11.5 Å². The highest BCUT2D eigenvalue weighted by Gasteiger charge is 2.28. The Labute approximate surface area is 199 Å². The highest BCUT2D eigenvalue weighted by molar-refractivity contribution is 7.98. The van der Waals surface area contributed by atoms with Crippen LogP contribution in [0.2, 0.25) is 0 Å². The maximum absolute atomic E-state index is 14.1. The van der Waals surface area contributed by atoms with Crippen LogP contribution in [0.3, 0.4) is 0 Å². The third-order valence-corrected chi connectivity index (χ3v) is 7.01. The topological polar surface area (TPSA) is 93.7 Å². The van der Waals surface area contributed by atoms with E-state index >= 15 is 0 Å². The molecule has 10 heteroatoms. The molecule has 33 heavy (non-hydrogen) atoms. The van der Waals surface area contributed by atoms with Crippen LogP contribution in [0.4, 0.5) is 4.39 Å². The monoisotopic (exact) mass is 498 g/mol. The van der Waals surface area contributed by atoms with Crippen LogP contribution < -0.4 is 19.5 Å². The fourth-order valence-corrected chi connectivity index (χ4v) is 4.86. The molecule has 2 aromatic rings. The highest BCUT2D eigenvalue weighted by atomic mass is 32.2. The lowest BCUT2D eigenvalue weighted by Crippen LogP contribution is -2.47. The summed E-state index contributed by atoms with van der Waals surface area (Å²) in [5, 5.41) is 2.84. The van der Waals surface area contributed by atoms with Crippen molar-refractivity contribution < 1.29 is 27.1 Å². The van der Waals surface area contributed by atoms with E-state index in [9.17, 15) is 17.6 Å². The molecule has 0 fully saturated rings. The van der Waals surface area contributed by atoms with Crippen LogP contribution in [0.1, 0.15) is 38.3 Å². The summed E-state index contributed by atoms with van der Waals surface area (Å²) >= 11 is 1.48. The number of carbonyl (C=O) groups is 1. The van der Waals surface area contributed by atoms with Gasteiger partial charge in [0.1, 0.15) is 16.8 Å². The molecular formula is C23H31FN2O5S2. The summed E-state index contributed by atoms with van der Waals surface area (Å²) in [5.74, 6) is 0.323. The molecule has 0 aliphatic carbocycles. The zero-order valence-electron chi connectivity index (χ0n) is 19.3. The van der Waals surface area contributed by atoms with Gasteiger partial charge in [-0.05, 0) is 61.6 Å². The van der Waals surface area contributed by atoms with Crippen molar-refractivity contribution in [2.45, 2.75) is 43.7 Å². The van der Waals surface area contributed by atoms with E-state index in [1.807, 2.05) is 19.2 Å². The Hall–Kier alpha value is -2.30. The van der Waals surface area contributed by atoms with Gasteiger partial charge in [0, 0.05) is 0 Å². The van der Waals surface area contributed by atoms with Crippen molar-refractivity contribution in [1.29, 1.82) is 0 Å². The summed E-state index contributed by atoms with van der Waals surface area (Å²) in [6, 6.07) is 8.94. The number of carbonyl (C=O) groups excluding carboxylic acids is 1. The molecule has 0 bridgehead atoms. The molecule has 0 spiro atoms. The van der Waals surface area contributed by atoms with Crippen LogP contribution in [0.15, 0.2) is 47.4 Å². The number of methoxy groups -OCH3 is 1. The molecule has 1 amide bonds. The summed E-state index contributed by atoms with van der Waals surface area (Å²) in [4.78, 5) is 12.5. The number of amides is 1. The zero-order valence-corrected chi connectivity index (χ0v) is 20.9. The quantitative estimate of drug-likeness (QED) is 0.435. The SMILES string of the molecule is CCCOc1ccc(C(C)NC(=O)C(CCSC)NS(=O)(=O)c2ccccc2F)cc1OC. The standard InChI is InChI=1S/C23H31FN2O5S2/c1-5-13-31-20-11-10-17(15-21(20)30-3)16(2)25-23(27)19(12-14-32-4)26-33(28,29)22-9-7-6-8-18(22)24/h6-11,15-16,19,26H,5,12-14H2,1-4H3,(H,25,27). The number of ether oxygens (including phenoxy) is 2. The number of benzene rings is 2. The van der Waals surface area contributed by atoms with Crippen molar-refractivity contribution in [2.75, 3.05) is 25.7 Å². The molecule has 7 nitrogen and oxygen atoms in total. The van der Waals surface area contributed by atoms with Gasteiger partial charge in [0.05, 0.1) is 19.8 Å². The van der Waals surface area contributed by atoms with Crippen LogP contribution in [0.25, 0.3) is 0 Å². The van der Waals surface area contributed by atoms with E-state index in [0.717, 1.165) is 24.1 Å². The normalized spacial score (nSPS) is 13.2. The number of hydrogen-bond donors (Lipinski definition) is 2. The van der Waals surface area contributed by atoms with Crippen LogP contribution >= 0.6 is 11.8 Å². The lowest BCUT2D eigenvalue weighted by atomic mass is 10.1. The maximum atomic E-state index is 14.1. The van der Waals surface area contributed by atoms with E-state index in [2.05, 4.69) is 10.0 Å². The number of hydrogen-bond acceptors (Lipinski definition) is 6. The average Bonchev–Trinajstić information content (AvgIpc) is 2.80. The van der Waals surface area contributed by atoms with Crippen molar-refractivity contribution in [2.24, 2.45) is 0 Å². The Bertz CT molecular complexity index is 1030. The van der Waals surface area contributed by atoms with Crippen molar-refractivity contribution >= 4 is 27.7 Å². The van der Waals surface area contributed by atoms with E-state index < -0.39 is 38.7 Å². The number of thioether (sulfide) groups is 1. The summed E-state index contributed by atoms with van der Waals surface area (Å²) in [7, 11) is -2.68. The summed E-state index contributed by atoms with van der Waals surface area (Å²) in [6.07, 6.45) is 2.97. The second kappa shape index (κ2) is 12.8. The summed E-state index contributed by atoms with van der Waals surface area (Å²) < 4.78 is 52.9. The molecular weight excluding hydrogens is 467 g/mol. The molecule has 0 aliphatic rings. The molecule has 2 unspecified atom stereocenters. The molecule has 2 aromatic carbocycles. The zero-order chi connectivity index (χ0) is 24.4. The van der Waals surface area contributed by atoms with Crippen molar-refractivity contribution in [3.05, 3.63) is 53.8 Å². The maximum Gasteiger partial charge on any atom is 0.244 e. The number of rotatable bonds is 13. The van der Waals surface area contributed by atoms with Gasteiger partial charge in [-0.1, -0.05) is 25.1 Å². The Balaban J connectivity index is 2.18. The lowest BCUT2D eigenvalue weighted by molar-refractivity contribution is -0.123. The highest BCUT2D eigenvalue weighted by Crippen LogP contribution is 2.30. The van der Waals surface area contributed by atoms with Gasteiger partial charge in [0.2, 0.25) is 15.9 Å². The molecule has 2 rings (SSSR count). The van der Waals surface area contributed by atoms with Crippen LogP contribution in [-0.4, -0.2) is 46.1 Å². The third kappa shape index (κ3) is 7.62. The number of halogens is 1. The first-order chi connectivity index (χ1) is 15.7. The Kier molecular flexibility index (Phi) is 10.5. The van der Waals surface area contributed by atoms with Crippen LogP contribution in [0.5, 0.6) is 11.5 Å². The molecule has 0 radical (unpaired) electrons. The Morgan fingerprint density at radius 1 is 1.18 bits per heavy atom. The Morgan fingerprint density at radius 3 is 2.55 bits per heavy atom. The van der Waals surface area contributed by atoms with Gasteiger partial charge in [0.25, 0.3) is 0 Å². The lowest BCUT2D eigenvalue weighted by Gasteiger charge is -2.22. The van der Waals surface area contributed by atoms with E-state index in [4.69, 9.17) is 9.47 Å². The molecule has 182 valence electrons. The van der Waals surface area contributed by atoms with Gasteiger partial charge in [-0.3, -0.25) is 4.79 Å². The minimum absolute atomic E-state index is 0.251. The van der Waals surface area contributed by atoms with E-state index in [1.54, 1.807) is 19.1 Å². The van der Waals surface area contributed by atoms with Gasteiger partial charge in [-0.25, -0.2) is 12.8 Å². The molecule has 0 saturated carbocycles. The molecule has 0 saturated heterocycles. The first kappa shape index (κ1) is 26.9. The number of sulfonamides is 1. The van der Waals surface area contributed by atoms with E-state index in [0.29, 0.717) is 23.9 Å². The van der Waals surface area contributed by atoms with Crippen LogP contribution in [-0.2, 0) is 14.8 Å². The second-order valence-corrected chi connectivity index (χ2v) is 10.0. The largest absolute Gasteiger partial charge is 0.493 e. The van der Waals surface area contributed by atoms with Crippen molar-refractivity contribution in [3.8, 4) is 11.5 Å². The van der Waals surface area contributed by atoms with Crippen LogP contribution in [0, 0.1) is 5.82 Å². The molecule has 0 aromatic heterocycles. The third-order valence-electron chi connectivity index (χ3n) is 4.86. The summed E-state index contributed by atoms with van der Waals surface area (Å²) in [6.45, 7) is 4.35. The summed E-state index contributed by atoms with van der Waals surface area (Å²) in [5.41, 5.74) is 0.768. The molecule has 2 atom stereocenters. The van der Waals surface area contributed by atoms with Gasteiger partial charge in [-0.15, -0.1) is 0 Å². The molecule has 0 heterocycles. The minimum atomic E-state index is -4.22. The predicted molar refractivity (Wildman–Crippen MR) is 129 cm³/mol. The Morgan fingerprint density at radius 2 is 1.91 bits per heavy atom. The molecule has 0 aliphatic heterocycles. The van der Waals surface area contributed by atoms with Crippen molar-refractivity contribution in [3.63, 3.8) is 0 Å².